The number of rotatable bonds is 8. The summed E-state index contributed by atoms with van der Waals surface area (Å²) in [5, 5.41) is 5.92. The summed E-state index contributed by atoms with van der Waals surface area (Å²) >= 11 is 0. The molecule has 2 amide bonds. The first-order chi connectivity index (χ1) is 12.5. The van der Waals surface area contributed by atoms with Gasteiger partial charge >= 0.3 is 5.97 Å². The van der Waals surface area contributed by atoms with Crippen LogP contribution in [0.4, 0.5) is 11.4 Å². The van der Waals surface area contributed by atoms with Crippen LogP contribution in [-0.4, -0.2) is 37.5 Å². The number of hydrogen-bond acceptors (Lipinski definition) is 5. The first-order valence-corrected chi connectivity index (χ1v) is 8.85. The van der Waals surface area contributed by atoms with Crippen LogP contribution in [0, 0.1) is 0 Å². The molecule has 0 atom stereocenters. The Bertz CT molecular complexity index is 700. The molecule has 1 heterocycles. The van der Waals surface area contributed by atoms with Gasteiger partial charge in [-0.3, -0.25) is 19.3 Å². The Morgan fingerprint density at radius 3 is 2.73 bits per heavy atom. The molecule has 0 bridgehead atoms. The zero-order valence-electron chi connectivity index (χ0n) is 15.2. The van der Waals surface area contributed by atoms with Crippen LogP contribution in [0.25, 0.3) is 0 Å². The maximum Gasteiger partial charge on any atom is 0.311 e. The van der Waals surface area contributed by atoms with Gasteiger partial charge in [-0.15, -0.1) is 0 Å². The highest BCUT2D eigenvalue weighted by Gasteiger charge is 2.24. The molecule has 1 aromatic carbocycles. The van der Waals surface area contributed by atoms with Crippen LogP contribution >= 0.6 is 0 Å². The highest BCUT2D eigenvalue weighted by atomic mass is 16.5. The number of esters is 1. The number of para-hydroxylation sites is 2. The molecule has 140 valence electrons. The van der Waals surface area contributed by atoms with Crippen molar-refractivity contribution in [3.63, 3.8) is 0 Å². The fraction of sp³-hybridized carbons (Fsp3) is 0.421. The molecule has 0 spiro atoms. The monoisotopic (exact) mass is 359 g/mol. The molecule has 2 rings (SSSR count). The number of hydrogen-bond donors (Lipinski definition) is 2. The SMILES string of the molecule is CCCCNC(=O)CN1C(=O)C=C(CC(=O)OCC)Nc2ccccc21. The molecule has 0 aromatic heterocycles. The minimum absolute atomic E-state index is 0.0373. The first-order valence-electron chi connectivity index (χ1n) is 8.85. The smallest absolute Gasteiger partial charge is 0.311 e. The van der Waals surface area contributed by atoms with Gasteiger partial charge in [0.25, 0.3) is 5.91 Å². The minimum atomic E-state index is -0.415. The number of fused-ring (bicyclic) bond motifs is 1. The fourth-order valence-corrected chi connectivity index (χ4v) is 2.60. The molecule has 0 saturated heterocycles. The maximum absolute atomic E-state index is 12.7. The second kappa shape index (κ2) is 9.60. The number of carbonyl (C=O) groups is 3. The molecular formula is C19H25N3O4. The molecule has 0 saturated carbocycles. The third-order valence-corrected chi connectivity index (χ3v) is 3.85. The summed E-state index contributed by atoms with van der Waals surface area (Å²) in [6.45, 7) is 4.56. The van der Waals surface area contributed by atoms with Gasteiger partial charge in [-0.25, -0.2) is 0 Å². The van der Waals surface area contributed by atoms with Gasteiger partial charge in [0.1, 0.15) is 6.54 Å². The van der Waals surface area contributed by atoms with E-state index >= 15 is 0 Å². The van der Waals surface area contributed by atoms with Gasteiger partial charge in [-0.1, -0.05) is 25.5 Å². The van der Waals surface area contributed by atoms with Crippen molar-refractivity contribution < 1.29 is 19.1 Å². The number of amides is 2. The maximum atomic E-state index is 12.7. The number of ether oxygens (including phenoxy) is 1. The summed E-state index contributed by atoms with van der Waals surface area (Å²) in [5.74, 6) is -0.987. The second-order valence-electron chi connectivity index (χ2n) is 5.92. The Morgan fingerprint density at radius 2 is 2.00 bits per heavy atom. The highest BCUT2D eigenvalue weighted by molar-refractivity contribution is 6.09. The van der Waals surface area contributed by atoms with Crippen molar-refractivity contribution in [1.29, 1.82) is 0 Å². The van der Waals surface area contributed by atoms with Crippen molar-refractivity contribution in [3.8, 4) is 0 Å². The van der Waals surface area contributed by atoms with E-state index in [4.69, 9.17) is 4.74 Å². The quantitative estimate of drug-likeness (QED) is 0.549. The summed E-state index contributed by atoms with van der Waals surface area (Å²) in [7, 11) is 0. The zero-order valence-corrected chi connectivity index (χ0v) is 15.2. The molecule has 0 aliphatic carbocycles. The fourth-order valence-electron chi connectivity index (χ4n) is 2.60. The average molecular weight is 359 g/mol. The average Bonchev–Trinajstić information content (AvgIpc) is 2.72. The van der Waals surface area contributed by atoms with E-state index in [1.807, 2.05) is 13.0 Å². The molecule has 1 aliphatic heterocycles. The van der Waals surface area contributed by atoms with E-state index in [0.717, 1.165) is 12.8 Å². The molecule has 7 heteroatoms. The summed E-state index contributed by atoms with van der Waals surface area (Å²) in [4.78, 5) is 38.0. The number of carbonyl (C=O) groups excluding carboxylic acids is 3. The van der Waals surface area contributed by atoms with Crippen LogP contribution in [0.3, 0.4) is 0 Å². The Kier molecular flexibility index (Phi) is 7.20. The zero-order chi connectivity index (χ0) is 18.9. The predicted molar refractivity (Wildman–Crippen MR) is 99.7 cm³/mol. The first kappa shape index (κ1) is 19.5. The molecule has 0 radical (unpaired) electrons. The number of nitrogens with zero attached hydrogens (tertiary/aromatic N) is 1. The van der Waals surface area contributed by atoms with Crippen LogP contribution in [0.5, 0.6) is 0 Å². The van der Waals surface area contributed by atoms with E-state index in [-0.39, 0.29) is 31.4 Å². The van der Waals surface area contributed by atoms with Gasteiger partial charge in [-0.2, -0.15) is 0 Å². The van der Waals surface area contributed by atoms with E-state index in [1.54, 1.807) is 25.1 Å². The van der Waals surface area contributed by atoms with Gasteiger partial charge < -0.3 is 15.4 Å². The lowest BCUT2D eigenvalue weighted by atomic mass is 10.2. The molecule has 0 fully saturated rings. The molecule has 7 nitrogen and oxygen atoms in total. The molecule has 1 aromatic rings. The molecule has 0 unspecified atom stereocenters. The predicted octanol–water partition coefficient (Wildman–Crippen LogP) is 2.20. The van der Waals surface area contributed by atoms with E-state index in [2.05, 4.69) is 10.6 Å². The normalized spacial score (nSPS) is 13.2. The Balaban J connectivity index is 2.19. The van der Waals surface area contributed by atoms with E-state index in [1.165, 1.54) is 11.0 Å². The minimum Gasteiger partial charge on any atom is -0.466 e. The molecule has 26 heavy (non-hydrogen) atoms. The Hall–Kier alpha value is -2.83. The van der Waals surface area contributed by atoms with Crippen LogP contribution in [0.15, 0.2) is 36.0 Å². The van der Waals surface area contributed by atoms with Crippen LogP contribution in [-0.2, 0) is 19.1 Å². The van der Waals surface area contributed by atoms with Crippen molar-refractivity contribution in [1.82, 2.24) is 5.32 Å². The molecular weight excluding hydrogens is 334 g/mol. The highest BCUT2D eigenvalue weighted by Crippen LogP contribution is 2.30. The van der Waals surface area contributed by atoms with Gasteiger partial charge in [0, 0.05) is 18.3 Å². The topological polar surface area (TPSA) is 87.7 Å². The van der Waals surface area contributed by atoms with E-state index < -0.39 is 5.97 Å². The number of nitrogens with one attached hydrogen (secondary N) is 2. The standard InChI is InChI=1S/C19H25N3O4/c1-3-5-10-20-17(23)13-22-16-9-7-6-8-15(16)21-14(11-18(22)24)12-19(25)26-4-2/h6-9,11,21H,3-5,10,12-13H2,1-2H3,(H,20,23). The van der Waals surface area contributed by atoms with Crippen LogP contribution in [0.1, 0.15) is 33.1 Å². The third-order valence-electron chi connectivity index (χ3n) is 3.85. The Morgan fingerprint density at radius 1 is 1.23 bits per heavy atom. The van der Waals surface area contributed by atoms with Gasteiger partial charge in [-0.05, 0) is 25.5 Å². The van der Waals surface area contributed by atoms with Gasteiger partial charge in [0.15, 0.2) is 0 Å². The summed E-state index contributed by atoms with van der Waals surface area (Å²) in [6, 6.07) is 7.19. The van der Waals surface area contributed by atoms with Crippen molar-refractivity contribution in [2.75, 3.05) is 29.9 Å². The number of benzene rings is 1. The van der Waals surface area contributed by atoms with Gasteiger partial charge in [0.2, 0.25) is 5.91 Å². The summed E-state index contributed by atoms with van der Waals surface area (Å²) in [5.41, 5.74) is 1.70. The van der Waals surface area contributed by atoms with E-state index in [0.29, 0.717) is 23.6 Å². The summed E-state index contributed by atoms with van der Waals surface area (Å²) < 4.78 is 4.95. The largest absolute Gasteiger partial charge is 0.466 e. The third kappa shape index (κ3) is 5.34. The van der Waals surface area contributed by atoms with Crippen molar-refractivity contribution in [3.05, 3.63) is 36.0 Å². The van der Waals surface area contributed by atoms with Crippen LogP contribution < -0.4 is 15.5 Å². The lowest BCUT2D eigenvalue weighted by Crippen LogP contribution is -2.40. The van der Waals surface area contributed by atoms with Crippen molar-refractivity contribution >= 4 is 29.2 Å². The number of anilines is 2. The van der Waals surface area contributed by atoms with Crippen LogP contribution in [0.2, 0.25) is 0 Å². The van der Waals surface area contributed by atoms with Crippen molar-refractivity contribution in [2.24, 2.45) is 0 Å². The second-order valence-corrected chi connectivity index (χ2v) is 5.92. The molecule has 2 N–H and O–H groups in total. The Labute approximate surface area is 153 Å². The lowest BCUT2D eigenvalue weighted by molar-refractivity contribution is -0.142. The van der Waals surface area contributed by atoms with E-state index in [9.17, 15) is 14.4 Å². The van der Waals surface area contributed by atoms with Crippen molar-refractivity contribution in [2.45, 2.75) is 33.1 Å². The van der Waals surface area contributed by atoms with Gasteiger partial charge in [0.05, 0.1) is 24.4 Å². The molecule has 1 aliphatic rings. The lowest BCUT2D eigenvalue weighted by Gasteiger charge is -2.21. The summed E-state index contributed by atoms with van der Waals surface area (Å²) in [6.07, 6.45) is 3.18. The number of unbranched alkanes of at least 4 members (excludes halogenated alkanes) is 1.